The molecule has 0 saturated carbocycles. The molecule has 1 N–H and O–H groups in total. The van der Waals surface area contributed by atoms with Crippen molar-refractivity contribution in [3.8, 4) is 0 Å². The molecule has 0 radical (unpaired) electrons. The number of rotatable bonds is 2. The summed E-state index contributed by atoms with van der Waals surface area (Å²) in [4.78, 5) is 16.0. The molecule has 0 aromatic heterocycles. The quantitative estimate of drug-likeness (QED) is 0.764. The second-order valence-electron chi connectivity index (χ2n) is 5.87. The minimum absolute atomic E-state index is 0.291. The third-order valence-corrected chi connectivity index (χ3v) is 4.29. The van der Waals surface area contributed by atoms with Crippen molar-refractivity contribution in [1.29, 1.82) is 0 Å². The van der Waals surface area contributed by atoms with E-state index in [1.165, 1.54) is 25.7 Å². The van der Waals surface area contributed by atoms with Gasteiger partial charge in [-0.3, -0.25) is 4.79 Å². The van der Waals surface area contributed by atoms with Crippen LogP contribution in [0.3, 0.4) is 0 Å². The Kier molecular flexibility index (Phi) is 4.05. The fourth-order valence-corrected chi connectivity index (χ4v) is 3.06. The van der Waals surface area contributed by atoms with Crippen LogP contribution in [0.4, 0.5) is 0 Å². The number of likely N-dealkylation sites (tertiary alicyclic amines) is 1. The van der Waals surface area contributed by atoms with Crippen LogP contribution < -0.4 is 5.32 Å². The molecule has 2 fully saturated rings. The average Bonchev–Trinajstić information content (AvgIpc) is 2.30. The van der Waals surface area contributed by atoms with Gasteiger partial charge in [-0.1, -0.05) is 0 Å². The zero-order chi connectivity index (χ0) is 12.3. The Morgan fingerprint density at radius 2 is 1.76 bits per heavy atom. The Bertz CT molecular complexity index is 262. The Hall–Kier alpha value is -0.610. The van der Waals surface area contributed by atoms with Crippen LogP contribution in [0, 0.1) is 5.41 Å². The van der Waals surface area contributed by atoms with E-state index in [2.05, 4.69) is 5.32 Å². The maximum atomic E-state index is 12.0. The fourth-order valence-electron chi connectivity index (χ4n) is 3.06. The van der Waals surface area contributed by atoms with Gasteiger partial charge in [0.2, 0.25) is 5.91 Å². The Morgan fingerprint density at radius 3 is 2.29 bits per heavy atom. The first-order valence-electron chi connectivity index (χ1n) is 6.75. The second-order valence-corrected chi connectivity index (χ2v) is 5.87. The summed E-state index contributed by atoms with van der Waals surface area (Å²) in [6.07, 6.45) is 4.99. The standard InChI is InChI=1S/C13H25N3O/c1-15(2)11-12(17)16-9-5-13(6-10-16)3-7-14-8-4-13/h14H,3-11H2,1-2H3. The molecule has 4 heteroatoms. The fraction of sp³-hybridized carbons (Fsp3) is 0.923. The van der Waals surface area contributed by atoms with Crippen LogP contribution in [0.25, 0.3) is 0 Å². The van der Waals surface area contributed by atoms with E-state index >= 15 is 0 Å². The summed E-state index contributed by atoms with van der Waals surface area (Å²) < 4.78 is 0. The van der Waals surface area contributed by atoms with E-state index in [1.807, 2.05) is 23.9 Å². The number of piperidine rings is 2. The molecule has 17 heavy (non-hydrogen) atoms. The summed E-state index contributed by atoms with van der Waals surface area (Å²) in [7, 11) is 3.91. The predicted octanol–water partition coefficient (Wildman–Crippen LogP) is 0.540. The summed E-state index contributed by atoms with van der Waals surface area (Å²) in [6.45, 7) is 4.80. The van der Waals surface area contributed by atoms with Gasteiger partial charge in [0.05, 0.1) is 6.54 Å². The van der Waals surface area contributed by atoms with Crippen molar-refractivity contribution < 1.29 is 4.79 Å². The van der Waals surface area contributed by atoms with Gasteiger partial charge in [0.15, 0.2) is 0 Å². The molecule has 2 heterocycles. The molecule has 2 aliphatic heterocycles. The Labute approximate surface area is 104 Å². The van der Waals surface area contributed by atoms with Gasteiger partial charge in [0.25, 0.3) is 0 Å². The van der Waals surface area contributed by atoms with Crippen molar-refractivity contribution in [2.45, 2.75) is 25.7 Å². The van der Waals surface area contributed by atoms with Crippen LogP contribution in [0.2, 0.25) is 0 Å². The van der Waals surface area contributed by atoms with Crippen LogP contribution in [0.5, 0.6) is 0 Å². The lowest BCUT2D eigenvalue weighted by Crippen LogP contribution is -2.48. The van der Waals surface area contributed by atoms with Gasteiger partial charge in [-0.25, -0.2) is 0 Å². The average molecular weight is 239 g/mol. The molecule has 1 amide bonds. The highest BCUT2D eigenvalue weighted by atomic mass is 16.2. The van der Waals surface area contributed by atoms with E-state index in [-0.39, 0.29) is 0 Å². The zero-order valence-electron chi connectivity index (χ0n) is 11.2. The summed E-state index contributed by atoms with van der Waals surface area (Å²) in [5.74, 6) is 0.291. The van der Waals surface area contributed by atoms with E-state index in [1.54, 1.807) is 0 Å². The largest absolute Gasteiger partial charge is 0.342 e. The number of hydrogen-bond acceptors (Lipinski definition) is 3. The smallest absolute Gasteiger partial charge is 0.236 e. The minimum Gasteiger partial charge on any atom is -0.342 e. The molecule has 4 nitrogen and oxygen atoms in total. The highest BCUT2D eigenvalue weighted by Crippen LogP contribution is 2.39. The van der Waals surface area contributed by atoms with E-state index in [9.17, 15) is 4.79 Å². The van der Waals surface area contributed by atoms with Gasteiger partial charge in [-0.15, -0.1) is 0 Å². The summed E-state index contributed by atoms with van der Waals surface area (Å²) in [6, 6.07) is 0. The molecule has 2 saturated heterocycles. The van der Waals surface area contributed by atoms with E-state index in [4.69, 9.17) is 0 Å². The van der Waals surface area contributed by atoms with E-state index < -0.39 is 0 Å². The summed E-state index contributed by atoms with van der Waals surface area (Å²) in [5.41, 5.74) is 0.542. The number of hydrogen-bond donors (Lipinski definition) is 1. The van der Waals surface area contributed by atoms with Gasteiger partial charge in [-0.2, -0.15) is 0 Å². The van der Waals surface area contributed by atoms with E-state index in [0.717, 1.165) is 26.2 Å². The Morgan fingerprint density at radius 1 is 1.18 bits per heavy atom. The number of amides is 1. The molecular weight excluding hydrogens is 214 g/mol. The number of nitrogens with zero attached hydrogens (tertiary/aromatic N) is 2. The molecule has 0 aromatic rings. The molecule has 0 atom stereocenters. The highest BCUT2D eigenvalue weighted by Gasteiger charge is 2.36. The van der Waals surface area contributed by atoms with Gasteiger partial charge < -0.3 is 15.1 Å². The Balaban J connectivity index is 1.82. The lowest BCUT2D eigenvalue weighted by molar-refractivity contribution is -0.134. The summed E-state index contributed by atoms with van der Waals surface area (Å²) in [5, 5.41) is 3.43. The van der Waals surface area contributed by atoms with Crippen molar-refractivity contribution in [3.63, 3.8) is 0 Å². The molecule has 98 valence electrons. The SMILES string of the molecule is CN(C)CC(=O)N1CCC2(CCNCC2)CC1. The highest BCUT2D eigenvalue weighted by molar-refractivity contribution is 5.78. The molecular formula is C13H25N3O. The number of likely N-dealkylation sites (N-methyl/N-ethyl adjacent to an activating group) is 1. The third kappa shape index (κ3) is 3.19. The minimum atomic E-state index is 0.291. The first-order chi connectivity index (χ1) is 8.11. The monoisotopic (exact) mass is 239 g/mol. The van der Waals surface area contributed by atoms with Crippen molar-refractivity contribution >= 4 is 5.91 Å². The third-order valence-electron chi connectivity index (χ3n) is 4.29. The second kappa shape index (κ2) is 5.36. The maximum absolute atomic E-state index is 12.0. The van der Waals surface area contributed by atoms with Gasteiger partial charge >= 0.3 is 0 Å². The van der Waals surface area contributed by atoms with Crippen molar-refractivity contribution in [2.24, 2.45) is 5.41 Å². The molecule has 0 bridgehead atoms. The predicted molar refractivity (Wildman–Crippen MR) is 68.9 cm³/mol. The van der Waals surface area contributed by atoms with Crippen molar-refractivity contribution in [2.75, 3.05) is 46.8 Å². The van der Waals surface area contributed by atoms with Crippen LogP contribution in [0.15, 0.2) is 0 Å². The van der Waals surface area contributed by atoms with Gasteiger partial charge in [0, 0.05) is 13.1 Å². The van der Waals surface area contributed by atoms with Crippen LogP contribution >= 0.6 is 0 Å². The van der Waals surface area contributed by atoms with Crippen molar-refractivity contribution in [3.05, 3.63) is 0 Å². The van der Waals surface area contributed by atoms with Gasteiger partial charge in [0.1, 0.15) is 0 Å². The lowest BCUT2D eigenvalue weighted by Gasteiger charge is -2.44. The van der Waals surface area contributed by atoms with Crippen LogP contribution in [-0.4, -0.2) is 62.5 Å². The molecule has 0 aromatic carbocycles. The van der Waals surface area contributed by atoms with Gasteiger partial charge in [-0.05, 0) is 58.3 Å². The maximum Gasteiger partial charge on any atom is 0.236 e. The normalized spacial score (nSPS) is 24.3. The molecule has 0 unspecified atom stereocenters. The molecule has 1 spiro atoms. The summed E-state index contributed by atoms with van der Waals surface area (Å²) >= 11 is 0. The zero-order valence-corrected chi connectivity index (χ0v) is 11.2. The topological polar surface area (TPSA) is 35.6 Å². The van der Waals surface area contributed by atoms with E-state index in [0.29, 0.717) is 17.9 Å². The number of carbonyl (C=O) groups excluding carboxylic acids is 1. The lowest BCUT2D eigenvalue weighted by atomic mass is 9.71. The number of carbonyl (C=O) groups is 1. The number of nitrogens with one attached hydrogen (secondary N) is 1. The van der Waals surface area contributed by atoms with Crippen LogP contribution in [0.1, 0.15) is 25.7 Å². The first kappa shape index (κ1) is 12.8. The molecule has 2 aliphatic rings. The molecule has 0 aliphatic carbocycles. The molecule has 2 rings (SSSR count). The first-order valence-corrected chi connectivity index (χ1v) is 6.75. The van der Waals surface area contributed by atoms with Crippen molar-refractivity contribution in [1.82, 2.24) is 15.1 Å². The van der Waals surface area contributed by atoms with Crippen LogP contribution in [-0.2, 0) is 4.79 Å².